The van der Waals surface area contributed by atoms with Crippen molar-refractivity contribution in [2.24, 2.45) is 4.99 Å². The Morgan fingerprint density at radius 2 is 1.65 bits per heavy atom. The van der Waals surface area contributed by atoms with Crippen LogP contribution in [0.2, 0.25) is 0 Å². The number of carboxylic acids is 1. The molecule has 0 aromatic heterocycles. The van der Waals surface area contributed by atoms with Gasteiger partial charge < -0.3 is 5.11 Å². The van der Waals surface area contributed by atoms with E-state index in [4.69, 9.17) is 5.11 Å². The quantitative estimate of drug-likeness (QED) is 0.849. The minimum Gasteiger partial charge on any atom is -0.480 e. The molecule has 1 aromatic carbocycles. The average Bonchev–Trinajstić information content (AvgIpc) is 2.29. The van der Waals surface area contributed by atoms with Crippen molar-refractivity contribution in [2.45, 2.75) is 33.9 Å². The van der Waals surface area contributed by atoms with E-state index in [2.05, 4.69) is 18.8 Å². The highest BCUT2D eigenvalue weighted by atomic mass is 19.4. The van der Waals surface area contributed by atoms with E-state index in [1.165, 1.54) is 30.7 Å². The van der Waals surface area contributed by atoms with Gasteiger partial charge in [0.2, 0.25) is 0 Å². The summed E-state index contributed by atoms with van der Waals surface area (Å²) >= 11 is 0. The van der Waals surface area contributed by atoms with Crippen molar-refractivity contribution in [3.63, 3.8) is 0 Å². The number of benzene rings is 1. The maximum absolute atomic E-state index is 12.5. The SMILES string of the molecule is C.CCC.O=C(O)CN=C(c1ccccc1)C(F)(F)F. The maximum Gasteiger partial charge on any atom is 0.433 e. The fraction of sp³-hybridized carbons (Fsp3) is 0.429. The van der Waals surface area contributed by atoms with Crippen LogP contribution in [0, 0.1) is 0 Å². The van der Waals surface area contributed by atoms with Crippen LogP contribution in [0.1, 0.15) is 33.3 Å². The standard InChI is InChI=1S/C10H8F3NO2.C3H8.CH4/c11-10(12,13)9(14-6-8(15)16)7-4-2-1-3-5-7;1-3-2;/h1-5H,6H2,(H,15,16);3H2,1-2H3;1H4. The Morgan fingerprint density at radius 1 is 1.20 bits per heavy atom. The summed E-state index contributed by atoms with van der Waals surface area (Å²) < 4.78 is 37.6. The number of carbonyl (C=O) groups is 1. The molecule has 6 heteroatoms. The summed E-state index contributed by atoms with van der Waals surface area (Å²) in [5.41, 5.74) is -1.31. The lowest BCUT2D eigenvalue weighted by molar-refractivity contribution is -0.135. The molecule has 0 saturated heterocycles. The molecule has 0 aliphatic rings. The molecule has 0 atom stereocenters. The zero-order chi connectivity index (χ0) is 14.9. The Labute approximate surface area is 117 Å². The van der Waals surface area contributed by atoms with E-state index in [0.29, 0.717) is 0 Å². The summed E-state index contributed by atoms with van der Waals surface area (Å²) in [7, 11) is 0. The van der Waals surface area contributed by atoms with E-state index < -0.39 is 24.4 Å². The molecule has 0 aliphatic carbocycles. The fourth-order valence-electron chi connectivity index (χ4n) is 1.09. The van der Waals surface area contributed by atoms with Gasteiger partial charge in [0.25, 0.3) is 0 Å². The number of halogens is 3. The van der Waals surface area contributed by atoms with Gasteiger partial charge in [-0.2, -0.15) is 13.2 Å². The number of rotatable bonds is 3. The zero-order valence-corrected chi connectivity index (χ0v) is 10.7. The van der Waals surface area contributed by atoms with E-state index in [1.807, 2.05) is 0 Å². The summed E-state index contributed by atoms with van der Waals surface area (Å²) in [4.78, 5) is 13.2. The van der Waals surface area contributed by atoms with Crippen molar-refractivity contribution in [2.75, 3.05) is 6.54 Å². The second kappa shape index (κ2) is 10.00. The molecule has 0 amide bonds. The van der Waals surface area contributed by atoms with Gasteiger partial charge in [0, 0.05) is 5.56 Å². The Hall–Kier alpha value is -1.85. The molecule has 0 unspecified atom stereocenters. The Balaban J connectivity index is 0. The van der Waals surface area contributed by atoms with Crippen LogP contribution in [0.3, 0.4) is 0 Å². The minimum absolute atomic E-state index is 0. The summed E-state index contributed by atoms with van der Waals surface area (Å²) in [6.07, 6.45) is -3.41. The Morgan fingerprint density at radius 3 is 2.00 bits per heavy atom. The van der Waals surface area contributed by atoms with Crippen LogP contribution >= 0.6 is 0 Å². The first-order chi connectivity index (χ1) is 8.82. The van der Waals surface area contributed by atoms with Gasteiger partial charge in [-0.05, 0) is 0 Å². The lowest BCUT2D eigenvalue weighted by atomic mass is 10.1. The normalized spacial score (nSPS) is 10.9. The van der Waals surface area contributed by atoms with Gasteiger partial charge in [0.15, 0.2) is 0 Å². The van der Waals surface area contributed by atoms with Crippen LogP contribution in [0.5, 0.6) is 0 Å². The highest BCUT2D eigenvalue weighted by molar-refractivity contribution is 6.05. The third kappa shape index (κ3) is 8.29. The van der Waals surface area contributed by atoms with Gasteiger partial charge >= 0.3 is 12.1 Å². The number of hydrogen-bond donors (Lipinski definition) is 1. The third-order valence-electron chi connectivity index (χ3n) is 1.69. The lowest BCUT2D eigenvalue weighted by Crippen LogP contribution is -2.25. The first-order valence-corrected chi connectivity index (χ1v) is 5.71. The van der Waals surface area contributed by atoms with Crippen LogP contribution < -0.4 is 0 Å². The van der Waals surface area contributed by atoms with Crippen LogP contribution in [0.25, 0.3) is 0 Å². The van der Waals surface area contributed by atoms with Gasteiger partial charge in [0.1, 0.15) is 12.3 Å². The van der Waals surface area contributed by atoms with E-state index >= 15 is 0 Å². The second-order valence-corrected chi connectivity index (χ2v) is 3.63. The van der Waals surface area contributed by atoms with E-state index in [0.717, 1.165) is 0 Å². The second-order valence-electron chi connectivity index (χ2n) is 3.63. The van der Waals surface area contributed by atoms with E-state index in [9.17, 15) is 18.0 Å². The molecule has 20 heavy (non-hydrogen) atoms. The highest BCUT2D eigenvalue weighted by Crippen LogP contribution is 2.22. The first kappa shape index (κ1) is 20.5. The summed E-state index contributed by atoms with van der Waals surface area (Å²) in [5.74, 6) is -1.40. The molecular formula is C14H20F3NO2. The predicted octanol–water partition coefficient (Wildman–Crippen LogP) is 4.18. The van der Waals surface area contributed by atoms with Crippen molar-refractivity contribution >= 4 is 11.7 Å². The van der Waals surface area contributed by atoms with Crippen LogP contribution in [-0.2, 0) is 4.79 Å². The molecule has 0 bridgehead atoms. The molecule has 0 spiro atoms. The molecule has 1 rings (SSSR count). The van der Waals surface area contributed by atoms with Gasteiger partial charge in [-0.25, -0.2) is 0 Å². The highest BCUT2D eigenvalue weighted by Gasteiger charge is 2.36. The summed E-state index contributed by atoms with van der Waals surface area (Å²) in [6.45, 7) is 3.35. The Kier molecular flexibility index (Phi) is 10.2. The van der Waals surface area contributed by atoms with Crippen molar-refractivity contribution < 1.29 is 23.1 Å². The van der Waals surface area contributed by atoms with E-state index in [1.54, 1.807) is 6.07 Å². The summed E-state index contributed by atoms with van der Waals surface area (Å²) in [6, 6.07) is 6.88. The third-order valence-corrected chi connectivity index (χ3v) is 1.69. The lowest BCUT2D eigenvalue weighted by Gasteiger charge is -2.10. The molecule has 0 aliphatic heterocycles. The molecule has 114 valence electrons. The molecule has 0 saturated carbocycles. The van der Waals surface area contributed by atoms with Gasteiger partial charge in [0.05, 0.1) is 0 Å². The Bertz CT molecular complexity index is 414. The first-order valence-electron chi connectivity index (χ1n) is 5.71. The van der Waals surface area contributed by atoms with Crippen molar-refractivity contribution in [1.82, 2.24) is 0 Å². The number of alkyl halides is 3. The van der Waals surface area contributed by atoms with Crippen LogP contribution in [0.15, 0.2) is 35.3 Å². The average molecular weight is 291 g/mol. The van der Waals surface area contributed by atoms with Gasteiger partial charge in [-0.1, -0.05) is 58.0 Å². The van der Waals surface area contributed by atoms with Gasteiger partial charge in [-0.3, -0.25) is 9.79 Å². The molecule has 0 radical (unpaired) electrons. The smallest absolute Gasteiger partial charge is 0.433 e. The minimum atomic E-state index is -4.66. The van der Waals surface area contributed by atoms with Crippen molar-refractivity contribution in [1.29, 1.82) is 0 Å². The number of hydrogen-bond acceptors (Lipinski definition) is 2. The predicted molar refractivity (Wildman–Crippen MR) is 74.2 cm³/mol. The molecule has 1 N–H and O–H groups in total. The number of carboxylic acid groups (broad SMARTS) is 1. The van der Waals surface area contributed by atoms with Gasteiger partial charge in [-0.15, -0.1) is 0 Å². The molecule has 3 nitrogen and oxygen atoms in total. The van der Waals surface area contributed by atoms with Crippen molar-refractivity contribution in [3.8, 4) is 0 Å². The topological polar surface area (TPSA) is 49.7 Å². The molecular weight excluding hydrogens is 271 g/mol. The summed E-state index contributed by atoms with van der Waals surface area (Å²) in [5, 5.41) is 8.30. The maximum atomic E-state index is 12.5. The zero-order valence-electron chi connectivity index (χ0n) is 10.7. The van der Waals surface area contributed by atoms with Crippen LogP contribution in [0.4, 0.5) is 13.2 Å². The number of nitrogens with zero attached hydrogens (tertiary/aromatic N) is 1. The van der Waals surface area contributed by atoms with E-state index in [-0.39, 0.29) is 13.0 Å². The molecule has 1 aromatic rings. The van der Waals surface area contributed by atoms with Crippen LogP contribution in [-0.4, -0.2) is 29.5 Å². The number of aliphatic carboxylic acids is 1. The fourth-order valence-corrected chi connectivity index (χ4v) is 1.09. The molecule has 0 fully saturated rings. The van der Waals surface area contributed by atoms with Crippen molar-refractivity contribution in [3.05, 3.63) is 35.9 Å². The largest absolute Gasteiger partial charge is 0.480 e. The number of aliphatic imine (C=N–C) groups is 1. The monoisotopic (exact) mass is 291 g/mol. The molecule has 0 heterocycles.